The number of benzene rings is 2. The second kappa shape index (κ2) is 9.27. The maximum atomic E-state index is 12.8. The van der Waals surface area contributed by atoms with Gasteiger partial charge in [0.1, 0.15) is 17.3 Å². The number of ether oxygens (including phenoxy) is 2. The molecule has 0 fully saturated rings. The third-order valence-corrected chi connectivity index (χ3v) is 3.09. The van der Waals surface area contributed by atoms with Gasteiger partial charge in [0.2, 0.25) is 0 Å². The van der Waals surface area contributed by atoms with Crippen molar-refractivity contribution in [2.45, 2.75) is 13.3 Å². The summed E-state index contributed by atoms with van der Waals surface area (Å²) in [6.07, 6.45) is 0.897. The van der Waals surface area contributed by atoms with Gasteiger partial charge < -0.3 is 9.47 Å². The standard InChI is InChI=1S/C18H19FN2O4/c1-2-11-24-15-7-3-13(4-8-15)18(23)21-20-17(22)12-25-16-9-5-14(19)6-10-16/h3-10H,2,11-12H2,1H3,(H,20,22)(H,21,23). The molecular formula is C18H19FN2O4. The molecule has 0 aliphatic carbocycles. The maximum absolute atomic E-state index is 12.8. The topological polar surface area (TPSA) is 76.7 Å². The van der Waals surface area contributed by atoms with Crippen LogP contribution in [0.15, 0.2) is 48.5 Å². The number of amides is 2. The van der Waals surface area contributed by atoms with Gasteiger partial charge in [0, 0.05) is 5.56 Å². The van der Waals surface area contributed by atoms with Crippen molar-refractivity contribution in [1.82, 2.24) is 10.9 Å². The highest BCUT2D eigenvalue weighted by molar-refractivity contribution is 5.95. The molecule has 2 amide bonds. The van der Waals surface area contributed by atoms with Gasteiger partial charge in [0.15, 0.2) is 6.61 Å². The number of rotatable bonds is 7. The molecule has 2 rings (SSSR count). The van der Waals surface area contributed by atoms with Gasteiger partial charge in [-0.05, 0) is 55.0 Å². The molecule has 0 atom stereocenters. The van der Waals surface area contributed by atoms with Crippen LogP contribution in [0.2, 0.25) is 0 Å². The summed E-state index contributed by atoms with van der Waals surface area (Å²) in [5.74, 6) is -0.367. The average Bonchev–Trinajstić information content (AvgIpc) is 2.64. The van der Waals surface area contributed by atoms with Gasteiger partial charge in [-0.1, -0.05) is 6.92 Å². The summed E-state index contributed by atoms with van der Waals surface area (Å²) >= 11 is 0. The highest BCUT2D eigenvalue weighted by Gasteiger charge is 2.08. The fraction of sp³-hybridized carbons (Fsp3) is 0.222. The molecule has 2 aromatic rings. The van der Waals surface area contributed by atoms with Crippen molar-refractivity contribution < 1.29 is 23.5 Å². The number of nitrogens with one attached hydrogen (secondary N) is 2. The zero-order chi connectivity index (χ0) is 18.1. The molecule has 0 aliphatic heterocycles. The van der Waals surface area contributed by atoms with Crippen molar-refractivity contribution in [2.75, 3.05) is 13.2 Å². The van der Waals surface area contributed by atoms with Gasteiger partial charge in [-0.2, -0.15) is 0 Å². The Morgan fingerprint density at radius 1 is 0.920 bits per heavy atom. The van der Waals surface area contributed by atoms with E-state index in [1.54, 1.807) is 24.3 Å². The Bertz CT molecular complexity index is 702. The third-order valence-electron chi connectivity index (χ3n) is 3.09. The molecule has 0 saturated carbocycles. The summed E-state index contributed by atoms with van der Waals surface area (Å²) in [4.78, 5) is 23.6. The normalized spacial score (nSPS) is 10.0. The quantitative estimate of drug-likeness (QED) is 0.755. The fourth-order valence-electron chi connectivity index (χ4n) is 1.84. The second-order valence-electron chi connectivity index (χ2n) is 5.12. The van der Waals surface area contributed by atoms with E-state index >= 15 is 0 Å². The molecule has 2 N–H and O–H groups in total. The summed E-state index contributed by atoms with van der Waals surface area (Å²) in [5.41, 5.74) is 4.91. The van der Waals surface area contributed by atoms with Crippen LogP contribution in [-0.4, -0.2) is 25.0 Å². The van der Waals surface area contributed by atoms with Crippen LogP contribution in [0.5, 0.6) is 11.5 Å². The van der Waals surface area contributed by atoms with Crippen LogP contribution in [0, 0.1) is 5.82 Å². The van der Waals surface area contributed by atoms with Gasteiger partial charge in [-0.3, -0.25) is 20.4 Å². The van der Waals surface area contributed by atoms with Crippen molar-refractivity contribution in [3.63, 3.8) is 0 Å². The fourth-order valence-corrected chi connectivity index (χ4v) is 1.84. The van der Waals surface area contributed by atoms with E-state index < -0.39 is 17.6 Å². The smallest absolute Gasteiger partial charge is 0.276 e. The van der Waals surface area contributed by atoms with E-state index in [-0.39, 0.29) is 6.61 Å². The monoisotopic (exact) mass is 346 g/mol. The Morgan fingerprint density at radius 3 is 2.16 bits per heavy atom. The van der Waals surface area contributed by atoms with Gasteiger partial charge in [-0.15, -0.1) is 0 Å². The molecule has 7 heteroatoms. The van der Waals surface area contributed by atoms with Crippen molar-refractivity contribution in [1.29, 1.82) is 0 Å². The third kappa shape index (κ3) is 6.14. The summed E-state index contributed by atoms with van der Waals surface area (Å²) in [6, 6.07) is 11.8. The van der Waals surface area contributed by atoms with E-state index in [0.29, 0.717) is 23.7 Å². The van der Waals surface area contributed by atoms with E-state index in [0.717, 1.165) is 6.42 Å². The van der Waals surface area contributed by atoms with Crippen LogP contribution in [0.25, 0.3) is 0 Å². The predicted molar refractivity (Wildman–Crippen MR) is 89.7 cm³/mol. The van der Waals surface area contributed by atoms with Crippen LogP contribution in [0.1, 0.15) is 23.7 Å². The molecule has 0 radical (unpaired) electrons. The van der Waals surface area contributed by atoms with Crippen LogP contribution >= 0.6 is 0 Å². The van der Waals surface area contributed by atoms with Crippen LogP contribution in [-0.2, 0) is 4.79 Å². The first-order valence-corrected chi connectivity index (χ1v) is 7.79. The molecule has 0 heterocycles. The van der Waals surface area contributed by atoms with E-state index in [4.69, 9.17) is 9.47 Å². The van der Waals surface area contributed by atoms with Gasteiger partial charge >= 0.3 is 0 Å². The lowest BCUT2D eigenvalue weighted by Crippen LogP contribution is -2.43. The highest BCUT2D eigenvalue weighted by Crippen LogP contribution is 2.12. The van der Waals surface area contributed by atoms with Gasteiger partial charge in [0.05, 0.1) is 6.61 Å². The first-order valence-electron chi connectivity index (χ1n) is 7.79. The molecule has 6 nitrogen and oxygen atoms in total. The molecule has 0 aliphatic rings. The van der Waals surface area contributed by atoms with E-state index in [2.05, 4.69) is 10.9 Å². The Hall–Kier alpha value is -3.09. The van der Waals surface area contributed by atoms with Crippen LogP contribution < -0.4 is 20.3 Å². The zero-order valence-corrected chi connectivity index (χ0v) is 13.8. The summed E-state index contributed by atoms with van der Waals surface area (Å²) < 4.78 is 23.3. The molecule has 132 valence electrons. The van der Waals surface area contributed by atoms with Crippen molar-refractivity contribution in [2.24, 2.45) is 0 Å². The first-order chi connectivity index (χ1) is 12.1. The number of carbonyl (C=O) groups excluding carboxylic acids is 2. The minimum atomic E-state index is -0.541. The lowest BCUT2D eigenvalue weighted by molar-refractivity contribution is -0.123. The SMILES string of the molecule is CCCOc1ccc(C(=O)NNC(=O)COc2ccc(F)cc2)cc1. The van der Waals surface area contributed by atoms with Crippen LogP contribution in [0.3, 0.4) is 0 Å². The lowest BCUT2D eigenvalue weighted by atomic mass is 10.2. The molecule has 0 unspecified atom stereocenters. The summed E-state index contributed by atoms with van der Waals surface area (Å²) in [6.45, 7) is 2.30. The van der Waals surface area contributed by atoms with Crippen molar-refractivity contribution in [3.8, 4) is 11.5 Å². The molecule has 0 aromatic heterocycles. The number of carbonyl (C=O) groups is 2. The summed E-state index contributed by atoms with van der Waals surface area (Å²) in [7, 11) is 0. The number of hydrogen-bond donors (Lipinski definition) is 2. The number of hydrogen-bond acceptors (Lipinski definition) is 4. The van der Waals surface area contributed by atoms with Crippen LogP contribution in [0.4, 0.5) is 4.39 Å². The molecule has 0 spiro atoms. The van der Waals surface area contributed by atoms with Crippen molar-refractivity contribution in [3.05, 3.63) is 59.9 Å². The lowest BCUT2D eigenvalue weighted by Gasteiger charge is -2.09. The largest absolute Gasteiger partial charge is 0.494 e. The second-order valence-corrected chi connectivity index (χ2v) is 5.12. The van der Waals surface area contributed by atoms with Crippen molar-refractivity contribution >= 4 is 11.8 Å². The Balaban J connectivity index is 1.74. The first kappa shape index (κ1) is 18.3. The zero-order valence-electron chi connectivity index (χ0n) is 13.8. The Kier molecular flexibility index (Phi) is 6.76. The molecule has 2 aromatic carbocycles. The minimum absolute atomic E-state index is 0.310. The summed E-state index contributed by atoms with van der Waals surface area (Å²) in [5, 5.41) is 0. The van der Waals surface area contributed by atoms with E-state index in [1.807, 2.05) is 6.92 Å². The number of hydrazine groups is 1. The van der Waals surface area contributed by atoms with Gasteiger partial charge in [-0.25, -0.2) is 4.39 Å². The van der Waals surface area contributed by atoms with Gasteiger partial charge in [0.25, 0.3) is 11.8 Å². The van der Waals surface area contributed by atoms with E-state index in [9.17, 15) is 14.0 Å². The number of halogens is 1. The molecule has 25 heavy (non-hydrogen) atoms. The molecule has 0 saturated heterocycles. The predicted octanol–water partition coefficient (Wildman–Crippen LogP) is 2.45. The maximum Gasteiger partial charge on any atom is 0.276 e. The molecule has 0 bridgehead atoms. The highest BCUT2D eigenvalue weighted by atomic mass is 19.1. The molecular weight excluding hydrogens is 327 g/mol. The minimum Gasteiger partial charge on any atom is -0.494 e. The average molecular weight is 346 g/mol. The Morgan fingerprint density at radius 2 is 1.52 bits per heavy atom. The van der Waals surface area contributed by atoms with E-state index in [1.165, 1.54) is 24.3 Å². The Labute approximate surface area is 144 Å².